The van der Waals surface area contributed by atoms with Crippen molar-refractivity contribution in [2.75, 3.05) is 36.9 Å². The SMILES string of the molecule is CC(=O)Nc1c(C#Cc2ccc(CN3CCOCC3)cc2)ccc(NC(=O)c2ccncn2)c1O. The number of carbonyl (C=O) groups excluding carboxylic acids is 2. The third-order valence-corrected chi connectivity index (χ3v) is 5.35. The fourth-order valence-corrected chi connectivity index (χ4v) is 3.56. The summed E-state index contributed by atoms with van der Waals surface area (Å²) in [5, 5.41) is 16.0. The van der Waals surface area contributed by atoms with Crippen LogP contribution in [0.5, 0.6) is 5.75 Å². The first-order valence-electron chi connectivity index (χ1n) is 11.1. The maximum atomic E-state index is 12.4. The van der Waals surface area contributed by atoms with Crippen LogP contribution in [0.4, 0.5) is 11.4 Å². The van der Waals surface area contributed by atoms with E-state index in [-0.39, 0.29) is 28.7 Å². The van der Waals surface area contributed by atoms with Gasteiger partial charge in [0.2, 0.25) is 5.91 Å². The molecule has 1 saturated heterocycles. The largest absolute Gasteiger partial charge is 0.504 e. The number of phenols is 1. The van der Waals surface area contributed by atoms with Crippen LogP contribution in [0, 0.1) is 11.8 Å². The van der Waals surface area contributed by atoms with E-state index in [1.54, 1.807) is 6.07 Å². The molecular formula is C26H25N5O4. The van der Waals surface area contributed by atoms with Crippen LogP contribution in [-0.4, -0.2) is 58.1 Å². The molecule has 1 aromatic heterocycles. The van der Waals surface area contributed by atoms with Crippen molar-refractivity contribution in [2.45, 2.75) is 13.5 Å². The average Bonchev–Trinajstić information content (AvgIpc) is 2.87. The summed E-state index contributed by atoms with van der Waals surface area (Å²) < 4.78 is 5.39. The lowest BCUT2D eigenvalue weighted by Crippen LogP contribution is -2.35. The summed E-state index contributed by atoms with van der Waals surface area (Å²) >= 11 is 0. The predicted octanol–water partition coefficient (Wildman–Crippen LogP) is 2.62. The number of phenolic OH excluding ortho intramolecular Hbond substituents is 1. The Bertz CT molecular complexity index is 1260. The van der Waals surface area contributed by atoms with Crippen LogP contribution in [0.15, 0.2) is 55.0 Å². The Labute approximate surface area is 203 Å². The zero-order valence-electron chi connectivity index (χ0n) is 19.2. The molecule has 0 spiro atoms. The number of amides is 2. The van der Waals surface area contributed by atoms with Gasteiger partial charge in [-0.05, 0) is 35.9 Å². The van der Waals surface area contributed by atoms with Crippen molar-refractivity contribution >= 4 is 23.2 Å². The zero-order valence-corrected chi connectivity index (χ0v) is 19.2. The van der Waals surface area contributed by atoms with Crippen LogP contribution >= 0.6 is 0 Å². The molecule has 1 aliphatic heterocycles. The topological polar surface area (TPSA) is 117 Å². The van der Waals surface area contributed by atoms with Gasteiger partial charge >= 0.3 is 0 Å². The number of aromatic hydroxyl groups is 1. The number of morpholine rings is 1. The van der Waals surface area contributed by atoms with Gasteiger partial charge in [0, 0.05) is 38.3 Å². The summed E-state index contributed by atoms with van der Waals surface area (Å²) in [5.41, 5.74) is 2.78. The van der Waals surface area contributed by atoms with Crippen molar-refractivity contribution < 1.29 is 19.4 Å². The number of carbonyl (C=O) groups is 2. The van der Waals surface area contributed by atoms with Gasteiger partial charge in [-0.3, -0.25) is 14.5 Å². The molecule has 2 amide bonds. The van der Waals surface area contributed by atoms with Gasteiger partial charge in [0.05, 0.1) is 24.5 Å². The number of hydrogen-bond donors (Lipinski definition) is 3. The summed E-state index contributed by atoms with van der Waals surface area (Å²) in [6, 6.07) is 12.6. The Morgan fingerprint density at radius 3 is 2.51 bits per heavy atom. The van der Waals surface area contributed by atoms with Crippen LogP contribution < -0.4 is 10.6 Å². The highest BCUT2D eigenvalue weighted by Crippen LogP contribution is 2.35. The van der Waals surface area contributed by atoms with E-state index in [0.717, 1.165) is 38.4 Å². The Balaban J connectivity index is 1.53. The molecule has 1 aliphatic rings. The Morgan fingerprint density at radius 1 is 1.06 bits per heavy atom. The number of rotatable bonds is 5. The number of aromatic nitrogens is 2. The van der Waals surface area contributed by atoms with Gasteiger partial charge in [-0.1, -0.05) is 24.0 Å². The van der Waals surface area contributed by atoms with Crippen LogP contribution in [0.1, 0.15) is 34.1 Å². The molecule has 3 N–H and O–H groups in total. The second-order valence-electron chi connectivity index (χ2n) is 7.95. The van der Waals surface area contributed by atoms with Crippen molar-refractivity contribution in [1.82, 2.24) is 14.9 Å². The van der Waals surface area contributed by atoms with E-state index in [1.165, 1.54) is 37.1 Å². The monoisotopic (exact) mass is 471 g/mol. The second kappa shape index (κ2) is 11.2. The van der Waals surface area contributed by atoms with E-state index in [4.69, 9.17) is 4.74 Å². The van der Waals surface area contributed by atoms with Crippen molar-refractivity contribution in [2.24, 2.45) is 0 Å². The summed E-state index contributed by atoms with van der Waals surface area (Å²) in [6.45, 7) is 5.56. The van der Waals surface area contributed by atoms with E-state index in [2.05, 4.69) is 37.3 Å². The zero-order chi connectivity index (χ0) is 24.6. The minimum absolute atomic E-state index is 0.120. The first kappa shape index (κ1) is 23.9. The van der Waals surface area contributed by atoms with Crippen molar-refractivity contribution in [3.8, 4) is 17.6 Å². The minimum Gasteiger partial charge on any atom is -0.504 e. The van der Waals surface area contributed by atoms with Gasteiger partial charge in [-0.2, -0.15) is 0 Å². The van der Waals surface area contributed by atoms with Gasteiger partial charge in [0.1, 0.15) is 17.7 Å². The first-order valence-corrected chi connectivity index (χ1v) is 11.1. The summed E-state index contributed by atoms with van der Waals surface area (Å²) in [5.74, 6) is 4.88. The summed E-state index contributed by atoms with van der Waals surface area (Å²) in [7, 11) is 0. The maximum absolute atomic E-state index is 12.4. The summed E-state index contributed by atoms with van der Waals surface area (Å²) in [6.07, 6.45) is 2.70. The van der Waals surface area contributed by atoms with Gasteiger partial charge in [0.15, 0.2) is 5.75 Å². The van der Waals surface area contributed by atoms with Crippen molar-refractivity contribution in [3.05, 3.63) is 77.4 Å². The van der Waals surface area contributed by atoms with Gasteiger partial charge in [-0.15, -0.1) is 0 Å². The molecule has 4 rings (SSSR count). The maximum Gasteiger partial charge on any atom is 0.274 e. The number of hydrogen-bond acceptors (Lipinski definition) is 7. The molecule has 0 saturated carbocycles. The van der Waals surface area contributed by atoms with E-state index < -0.39 is 5.91 Å². The highest BCUT2D eigenvalue weighted by molar-refractivity contribution is 6.05. The summed E-state index contributed by atoms with van der Waals surface area (Å²) in [4.78, 5) is 34.2. The molecule has 9 nitrogen and oxygen atoms in total. The average molecular weight is 472 g/mol. The van der Waals surface area contributed by atoms with Crippen LogP contribution in [0.25, 0.3) is 0 Å². The van der Waals surface area contributed by atoms with Crippen LogP contribution in [0.3, 0.4) is 0 Å². The molecule has 0 radical (unpaired) electrons. The van der Waals surface area contributed by atoms with Crippen LogP contribution in [0.2, 0.25) is 0 Å². The molecule has 9 heteroatoms. The highest BCUT2D eigenvalue weighted by Gasteiger charge is 2.16. The molecule has 0 bridgehead atoms. The predicted molar refractivity (Wildman–Crippen MR) is 131 cm³/mol. The highest BCUT2D eigenvalue weighted by atomic mass is 16.5. The van der Waals surface area contributed by atoms with Gasteiger partial charge in [0.25, 0.3) is 5.91 Å². The third kappa shape index (κ3) is 6.41. The van der Waals surface area contributed by atoms with Crippen molar-refractivity contribution in [1.29, 1.82) is 0 Å². The molecule has 0 atom stereocenters. The normalized spacial score (nSPS) is 13.4. The fraction of sp³-hybridized carbons (Fsp3) is 0.231. The quantitative estimate of drug-likeness (QED) is 0.387. The number of nitrogens with zero attached hydrogens (tertiary/aromatic N) is 3. The van der Waals surface area contributed by atoms with E-state index >= 15 is 0 Å². The number of anilines is 2. The fourth-order valence-electron chi connectivity index (χ4n) is 3.56. The Hall–Kier alpha value is -4.26. The molecule has 0 unspecified atom stereocenters. The van der Waals surface area contributed by atoms with Gasteiger partial charge < -0.3 is 20.5 Å². The molecule has 3 aromatic rings. The van der Waals surface area contributed by atoms with Crippen LogP contribution in [-0.2, 0) is 16.1 Å². The Kier molecular flexibility index (Phi) is 7.67. The second-order valence-corrected chi connectivity index (χ2v) is 7.95. The van der Waals surface area contributed by atoms with E-state index in [1.807, 2.05) is 24.3 Å². The Morgan fingerprint density at radius 2 is 1.83 bits per heavy atom. The molecule has 1 fully saturated rings. The lowest BCUT2D eigenvalue weighted by molar-refractivity contribution is -0.114. The molecule has 2 aromatic carbocycles. The third-order valence-electron chi connectivity index (χ3n) is 5.35. The van der Waals surface area contributed by atoms with Crippen molar-refractivity contribution in [3.63, 3.8) is 0 Å². The smallest absolute Gasteiger partial charge is 0.274 e. The number of benzene rings is 2. The molecule has 35 heavy (non-hydrogen) atoms. The first-order chi connectivity index (χ1) is 17.0. The molecular weight excluding hydrogens is 446 g/mol. The van der Waals surface area contributed by atoms with Gasteiger partial charge in [-0.25, -0.2) is 9.97 Å². The van der Waals surface area contributed by atoms with E-state index in [0.29, 0.717) is 5.56 Å². The number of ether oxygens (including phenoxy) is 1. The molecule has 178 valence electrons. The molecule has 0 aliphatic carbocycles. The minimum atomic E-state index is -0.521. The van der Waals surface area contributed by atoms with E-state index in [9.17, 15) is 14.7 Å². The standard InChI is InChI=1S/C26H25N5O4/c1-18(32)29-24-21(8-9-22(25(24)33)30-26(34)23-10-11-27-17-28-23)7-6-19-2-4-20(5-3-19)16-31-12-14-35-15-13-31/h2-5,8-11,17,33H,12-16H2,1H3,(H,29,32)(H,30,34). The molecule has 2 heterocycles. The lowest BCUT2D eigenvalue weighted by Gasteiger charge is -2.26. The lowest BCUT2D eigenvalue weighted by atomic mass is 10.1. The number of nitrogens with one attached hydrogen (secondary N) is 2.